The van der Waals surface area contributed by atoms with Gasteiger partial charge in [0.2, 0.25) is 0 Å². The molecule has 1 saturated heterocycles. The molecule has 0 radical (unpaired) electrons. The molecule has 1 aromatic rings. The first-order valence-corrected chi connectivity index (χ1v) is 9.53. The standard InChI is InChI=1S/C20H32N4O.HI/c1-15(2)19(24-9-11-25-12-10-24)14-22-20(21-3)23-18-13-17(18)16-7-5-4-6-8-16;/h4-8,15,17-19H,9-14H2,1-3H3,(H2,21,22,23);1H. The Morgan fingerprint density at radius 1 is 1.23 bits per heavy atom. The van der Waals surface area contributed by atoms with Gasteiger partial charge in [-0.15, -0.1) is 24.0 Å². The van der Waals surface area contributed by atoms with Gasteiger partial charge >= 0.3 is 0 Å². The highest BCUT2D eigenvalue weighted by Gasteiger charge is 2.39. The van der Waals surface area contributed by atoms with E-state index in [2.05, 4.69) is 64.7 Å². The van der Waals surface area contributed by atoms with Crippen LogP contribution in [0, 0.1) is 5.92 Å². The molecular weight excluding hydrogens is 439 g/mol. The Bertz CT molecular complexity index is 560. The summed E-state index contributed by atoms with van der Waals surface area (Å²) < 4.78 is 5.49. The van der Waals surface area contributed by atoms with Crippen LogP contribution in [0.15, 0.2) is 35.3 Å². The Morgan fingerprint density at radius 3 is 2.54 bits per heavy atom. The fraction of sp³-hybridized carbons (Fsp3) is 0.650. The minimum absolute atomic E-state index is 0. The van der Waals surface area contributed by atoms with E-state index in [9.17, 15) is 0 Å². The Labute approximate surface area is 175 Å². The highest BCUT2D eigenvalue weighted by atomic mass is 127. The average molecular weight is 472 g/mol. The smallest absolute Gasteiger partial charge is 0.191 e. The lowest BCUT2D eigenvalue weighted by molar-refractivity contribution is 0.00752. The number of morpholine rings is 1. The molecule has 2 N–H and O–H groups in total. The number of guanidine groups is 1. The molecule has 1 aromatic carbocycles. The van der Waals surface area contributed by atoms with Gasteiger partial charge in [-0.3, -0.25) is 9.89 Å². The first-order chi connectivity index (χ1) is 12.2. The van der Waals surface area contributed by atoms with Gasteiger partial charge in [-0.05, 0) is 17.9 Å². The maximum absolute atomic E-state index is 5.49. The third kappa shape index (κ3) is 5.82. The zero-order valence-corrected chi connectivity index (χ0v) is 18.5. The van der Waals surface area contributed by atoms with E-state index in [0.717, 1.165) is 38.8 Å². The molecule has 146 valence electrons. The van der Waals surface area contributed by atoms with Crippen LogP contribution in [0.4, 0.5) is 0 Å². The minimum Gasteiger partial charge on any atom is -0.379 e. The van der Waals surface area contributed by atoms with Gasteiger partial charge in [0.15, 0.2) is 5.96 Å². The summed E-state index contributed by atoms with van der Waals surface area (Å²) in [6.07, 6.45) is 1.18. The number of ether oxygens (including phenoxy) is 1. The van der Waals surface area contributed by atoms with Crippen molar-refractivity contribution in [3.63, 3.8) is 0 Å². The largest absolute Gasteiger partial charge is 0.379 e. The molecule has 2 aliphatic rings. The summed E-state index contributed by atoms with van der Waals surface area (Å²) in [5, 5.41) is 7.13. The molecule has 0 aromatic heterocycles. The molecule has 3 rings (SSSR count). The molecule has 3 atom stereocenters. The van der Waals surface area contributed by atoms with Crippen LogP contribution < -0.4 is 10.6 Å². The van der Waals surface area contributed by atoms with E-state index >= 15 is 0 Å². The molecule has 1 saturated carbocycles. The van der Waals surface area contributed by atoms with Crippen molar-refractivity contribution in [2.75, 3.05) is 39.9 Å². The second-order valence-electron chi connectivity index (χ2n) is 7.42. The van der Waals surface area contributed by atoms with Gasteiger partial charge < -0.3 is 15.4 Å². The van der Waals surface area contributed by atoms with Crippen LogP contribution in [-0.4, -0.2) is 62.8 Å². The lowest BCUT2D eigenvalue weighted by atomic mass is 10.0. The second kappa shape index (κ2) is 10.5. The van der Waals surface area contributed by atoms with Crippen molar-refractivity contribution in [2.24, 2.45) is 10.9 Å². The third-order valence-corrected chi connectivity index (χ3v) is 5.33. The monoisotopic (exact) mass is 472 g/mol. The van der Waals surface area contributed by atoms with Crippen LogP contribution in [-0.2, 0) is 4.74 Å². The van der Waals surface area contributed by atoms with Crippen molar-refractivity contribution in [3.8, 4) is 0 Å². The fourth-order valence-electron chi connectivity index (χ4n) is 3.69. The molecule has 5 nitrogen and oxygen atoms in total. The highest BCUT2D eigenvalue weighted by Crippen LogP contribution is 2.40. The van der Waals surface area contributed by atoms with Crippen molar-refractivity contribution in [1.82, 2.24) is 15.5 Å². The van der Waals surface area contributed by atoms with E-state index in [-0.39, 0.29) is 24.0 Å². The summed E-state index contributed by atoms with van der Waals surface area (Å²) in [6.45, 7) is 9.24. The van der Waals surface area contributed by atoms with Gasteiger partial charge in [0.05, 0.1) is 13.2 Å². The third-order valence-electron chi connectivity index (χ3n) is 5.33. The number of halogens is 1. The summed E-state index contributed by atoms with van der Waals surface area (Å²) in [5.74, 6) is 2.13. The van der Waals surface area contributed by atoms with Gasteiger partial charge in [-0.1, -0.05) is 44.2 Å². The number of benzene rings is 1. The number of nitrogens with zero attached hydrogens (tertiary/aromatic N) is 2. The predicted octanol–water partition coefficient (Wildman–Crippen LogP) is 2.68. The first-order valence-electron chi connectivity index (χ1n) is 9.53. The highest BCUT2D eigenvalue weighted by molar-refractivity contribution is 14.0. The fourth-order valence-corrected chi connectivity index (χ4v) is 3.69. The van der Waals surface area contributed by atoms with E-state index < -0.39 is 0 Å². The summed E-state index contributed by atoms with van der Waals surface area (Å²) in [7, 11) is 1.86. The number of aliphatic imine (C=N–C) groups is 1. The molecule has 2 fully saturated rings. The molecule has 6 heteroatoms. The van der Waals surface area contributed by atoms with E-state index in [0.29, 0.717) is 23.9 Å². The molecule has 0 bridgehead atoms. The van der Waals surface area contributed by atoms with Crippen LogP contribution in [0.5, 0.6) is 0 Å². The van der Waals surface area contributed by atoms with Crippen molar-refractivity contribution in [2.45, 2.75) is 38.3 Å². The van der Waals surface area contributed by atoms with E-state index in [1.54, 1.807) is 0 Å². The summed E-state index contributed by atoms with van der Waals surface area (Å²) in [6, 6.07) is 11.7. The zero-order chi connectivity index (χ0) is 17.6. The van der Waals surface area contributed by atoms with E-state index in [1.165, 1.54) is 12.0 Å². The summed E-state index contributed by atoms with van der Waals surface area (Å²) in [4.78, 5) is 6.96. The van der Waals surface area contributed by atoms with Crippen molar-refractivity contribution in [1.29, 1.82) is 0 Å². The number of hydrogen-bond acceptors (Lipinski definition) is 3. The normalized spacial score (nSPS) is 24.7. The SMILES string of the molecule is CN=C(NCC(C(C)C)N1CCOCC1)NC1CC1c1ccccc1.I. The minimum atomic E-state index is 0. The summed E-state index contributed by atoms with van der Waals surface area (Å²) in [5.41, 5.74) is 1.42. The van der Waals surface area contributed by atoms with Gasteiger partial charge in [-0.25, -0.2) is 0 Å². The predicted molar refractivity (Wildman–Crippen MR) is 119 cm³/mol. The van der Waals surface area contributed by atoms with Gasteiger partial charge in [0.25, 0.3) is 0 Å². The molecule has 26 heavy (non-hydrogen) atoms. The topological polar surface area (TPSA) is 48.9 Å². The zero-order valence-electron chi connectivity index (χ0n) is 16.1. The molecular formula is C20H33IN4O. The van der Waals surface area contributed by atoms with E-state index in [1.807, 2.05) is 7.05 Å². The Morgan fingerprint density at radius 2 is 1.92 bits per heavy atom. The van der Waals surface area contributed by atoms with Crippen LogP contribution >= 0.6 is 24.0 Å². The van der Waals surface area contributed by atoms with Crippen LogP contribution in [0.3, 0.4) is 0 Å². The van der Waals surface area contributed by atoms with Gasteiger partial charge in [0.1, 0.15) is 0 Å². The Hall–Kier alpha value is -0.860. The maximum atomic E-state index is 5.49. The van der Waals surface area contributed by atoms with Crippen LogP contribution in [0.1, 0.15) is 31.7 Å². The lowest BCUT2D eigenvalue weighted by Crippen LogP contribution is -2.52. The molecule has 3 unspecified atom stereocenters. The van der Waals surface area contributed by atoms with Crippen molar-refractivity contribution in [3.05, 3.63) is 35.9 Å². The van der Waals surface area contributed by atoms with Gasteiger partial charge in [-0.2, -0.15) is 0 Å². The number of nitrogens with one attached hydrogen (secondary N) is 2. The van der Waals surface area contributed by atoms with E-state index in [4.69, 9.17) is 4.74 Å². The first kappa shape index (κ1) is 21.4. The molecule has 1 aliphatic heterocycles. The quantitative estimate of drug-likeness (QED) is 0.380. The maximum Gasteiger partial charge on any atom is 0.191 e. The van der Waals surface area contributed by atoms with Gasteiger partial charge in [0, 0.05) is 44.7 Å². The molecule has 1 heterocycles. The Balaban J connectivity index is 0.00000243. The van der Waals surface area contributed by atoms with Crippen LogP contribution in [0.2, 0.25) is 0 Å². The molecule has 0 amide bonds. The molecule has 1 aliphatic carbocycles. The number of rotatable bonds is 6. The average Bonchev–Trinajstić information content (AvgIpc) is 3.41. The number of hydrogen-bond donors (Lipinski definition) is 2. The lowest BCUT2D eigenvalue weighted by Gasteiger charge is -2.37. The molecule has 0 spiro atoms. The van der Waals surface area contributed by atoms with Crippen molar-refractivity contribution < 1.29 is 4.74 Å². The van der Waals surface area contributed by atoms with Crippen LogP contribution in [0.25, 0.3) is 0 Å². The Kier molecular flexibility index (Phi) is 8.63. The summed E-state index contributed by atoms with van der Waals surface area (Å²) >= 11 is 0. The second-order valence-corrected chi connectivity index (χ2v) is 7.42. The van der Waals surface area contributed by atoms with Crippen molar-refractivity contribution >= 4 is 29.9 Å².